The van der Waals surface area contributed by atoms with E-state index in [0.29, 0.717) is 12.2 Å². The van der Waals surface area contributed by atoms with Crippen molar-refractivity contribution in [3.63, 3.8) is 0 Å². The van der Waals surface area contributed by atoms with Crippen LogP contribution in [-0.2, 0) is 21.2 Å². The summed E-state index contributed by atoms with van der Waals surface area (Å²) < 4.78 is 28.2. The van der Waals surface area contributed by atoms with Crippen LogP contribution in [0.15, 0.2) is 53.4 Å². The highest BCUT2D eigenvalue weighted by Crippen LogP contribution is 2.17. The minimum Gasteiger partial charge on any atom is -0.494 e. The Labute approximate surface area is 148 Å². The van der Waals surface area contributed by atoms with E-state index in [9.17, 15) is 13.2 Å². The number of hydrogen-bond donors (Lipinski definition) is 2. The number of amides is 1. The fourth-order valence-corrected chi connectivity index (χ4v) is 2.96. The molecule has 1 amide bonds. The van der Waals surface area contributed by atoms with E-state index >= 15 is 0 Å². The van der Waals surface area contributed by atoms with E-state index < -0.39 is 10.0 Å². The standard InChI is InChI=1S/C18H22N2O4S/c1-3-24-16-9-7-14(8-10-16)11-18(21)20-13(2)15-5-4-6-17(12-15)25(19,22)23/h4-10,12-13H,3,11H2,1-2H3,(H,20,21)(H2,19,22,23). The summed E-state index contributed by atoms with van der Waals surface area (Å²) in [6.07, 6.45) is 0.228. The fourth-order valence-electron chi connectivity index (χ4n) is 2.39. The highest BCUT2D eigenvalue weighted by atomic mass is 32.2. The first kappa shape index (κ1) is 19.0. The number of carbonyl (C=O) groups excluding carboxylic acids is 1. The summed E-state index contributed by atoms with van der Waals surface area (Å²) in [6, 6.07) is 13.2. The van der Waals surface area contributed by atoms with Gasteiger partial charge < -0.3 is 10.1 Å². The van der Waals surface area contributed by atoms with Gasteiger partial charge >= 0.3 is 0 Å². The molecule has 134 valence electrons. The molecule has 0 fully saturated rings. The average Bonchev–Trinajstić information content (AvgIpc) is 2.56. The number of rotatable bonds is 7. The van der Waals surface area contributed by atoms with Crippen molar-refractivity contribution >= 4 is 15.9 Å². The smallest absolute Gasteiger partial charge is 0.238 e. The molecule has 0 spiro atoms. The van der Waals surface area contributed by atoms with Crippen LogP contribution < -0.4 is 15.2 Å². The van der Waals surface area contributed by atoms with E-state index in [1.807, 2.05) is 31.2 Å². The van der Waals surface area contributed by atoms with Gasteiger partial charge in [0.1, 0.15) is 5.75 Å². The van der Waals surface area contributed by atoms with Crippen molar-refractivity contribution in [1.82, 2.24) is 5.32 Å². The van der Waals surface area contributed by atoms with E-state index in [-0.39, 0.29) is 23.3 Å². The quantitative estimate of drug-likeness (QED) is 0.788. The molecule has 1 atom stereocenters. The second-order valence-corrected chi connectivity index (χ2v) is 7.22. The third kappa shape index (κ3) is 5.58. The number of primary sulfonamides is 1. The zero-order chi connectivity index (χ0) is 18.4. The Hall–Kier alpha value is -2.38. The molecule has 25 heavy (non-hydrogen) atoms. The molecule has 6 nitrogen and oxygen atoms in total. The normalized spacial score (nSPS) is 12.4. The highest BCUT2D eigenvalue weighted by molar-refractivity contribution is 7.89. The first-order valence-corrected chi connectivity index (χ1v) is 9.48. The van der Waals surface area contributed by atoms with Gasteiger partial charge in [-0.25, -0.2) is 13.6 Å². The Morgan fingerprint density at radius 2 is 1.88 bits per heavy atom. The lowest BCUT2D eigenvalue weighted by molar-refractivity contribution is -0.121. The summed E-state index contributed by atoms with van der Waals surface area (Å²) in [5.41, 5.74) is 1.54. The van der Waals surface area contributed by atoms with Crippen molar-refractivity contribution in [3.05, 3.63) is 59.7 Å². The van der Waals surface area contributed by atoms with Crippen LogP contribution in [0, 0.1) is 0 Å². The van der Waals surface area contributed by atoms with E-state index in [4.69, 9.17) is 9.88 Å². The maximum Gasteiger partial charge on any atom is 0.238 e. The number of hydrogen-bond acceptors (Lipinski definition) is 4. The van der Waals surface area contributed by atoms with Crippen LogP contribution in [0.5, 0.6) is 5.75 Å². The molecule has 0 aliphatic carbocycles. The molecule has 0 heterocycles. The number of nitrogens with two attached hydrogens (primary N) is 1. The van der Waals surface area contributed by atoms with Gasteiger partial charge in [-0.2, -0.15) is 0 Å². The van der Waals surface area contributed by atoms with Gasteiger partial charge in [0.05, 0.1) is 24.0 Å². The van der Waals surface area contributed by atoms with Gasteiger partial charge in [0.15, 0.2) is 0 Å². The van der Waals surface area contributed by atoms with Crippen molar-refractivity contribution in [2.75, 3.05) is 6.61 Å². The topological polar surface area (TPSA) is 98.5 Å². The Morgan fingerprint density at radius 1 is 1.20 bits per heavy atom. The molecule has 2 aromatic rings. The molecule has 7 heteroatoms. The van der Waals surface area contributed by atoms with E-state index in [0.717, 1.165) is 11.3 Å². The largest absolute Gasteiger partial charge is 0.494 e. The fraction of sp³-hybridized carbons (Fsp3) is 0.278. The van der Waals surface area contributed by atoms with Gasteiger partial charge in [-0.15, -0.1) is 0 Å². The number of ether oxygens (including phenoxy) is 1. The summed E-state index contributed by atoms with van der Waals surface area (Å²) in [7, 11) is -3.77. The van der Waals surface area contributed by atoms with Crippen LogP contribution in [0.1, 0.15) is 31.0 Å². The predicted octanol–water partition coefficient (Wildman–Crippen LogP) is 2.15. The van der Waals surface area contributed by atoms with Gasteiger partial charge in [0, 0.05) is 0 Å². The van der Waals surface area contributed by atoms with Crippen molar-refractivity contribution in [3.8, 4) is 5.75 Å². The van der Waals surface area contributed by atoms with E-state index in [1.54, 1.807) is 19.1 Å². The van der Waals surface area contributed by atoms with Crippen LogP contribution >= 0.6 is 0 Å². The lowest BCUT2D eigenvalue weighted by atomic mass is 10.1. The first-order chi connectivity index (χ1) is 11.8. The van der Waals surface area contributed by atoms with E-state index in [2.05, 4.69) is 5.32 Å². The molecular formula is C18H22N2O4S. The minimum atomic E-state index is -3.77. The Balaban J connectivity index is 2.00. The first-order valence-electron chi connectivity index (χ1n) is 7.93. The predicted molar refractivity (Wildman–Crippen MR) is 95.7 cm³/mol. The maximum absolute atomic E-state index is 12.2. The molecule has 1 unspecified atom stereocenters. The molecule has 0 radical (unpaired) electrons. The van der Waals surface area contributed by atoms with Gasteiger partial charge in [-0.1, -0.05) is 24.3 Å². The van der Waals surface area contributed by atoms with Crippen molar-refractivity contribution in [2.45, 2.75) is 31.2 Å². The third-order valence-corrected chi connectivity index (χ3v) is 4.57. The number of nitrogens with one attached hydrogen (secondary N) is 1. The molecule has 0 aliphatic rings. The Bertz CT molecular complexity index is 832. The van der Waals surface area contributed by atoms with Crippen LogP contribution in [0.4, 0.5) is 0 Å². The van der Waals surface area contributed by atoms with Gasteiger partial charge in [0.2, 0.25) is 15.9 Å². The van der Waals surface area contributed by atoms with Crippen molar-refractivity contribution < 1.29 is 17.9 Å². The molecule has 0 aromatic heterocycles. The lowest BCUT2D eigenvalue weighted by Gasteiger charge is -2.15. The molecule has 2 rings (SSSR count). The summed E-state index contributed by atoms with van der Waals surface area (Å²) in [4.78, 5) is 12.2. The summed E-state index contributed by atoms with van der Waals surface area (Å²) in [5, 5.41) is 7.99. The number of benzene rings is 2. The average molecular weight is 362 g/mol. The van der Waals surface area contributed by atoms with Crippen LogP contribution in [0.2, 0.25) is 0 Å². The van der Waals surface area contributed by atoms with Crippen molar-refractivity contribution in [2.24, 2.45) is 5.14 Å². The van der Waals surface area contributed by atoms with Crippen LogP contribution in [0.25, 0.3) is 0 Å². The number of sulfonamides is 1. The Kier molecular flexibility index (Phi) is 6.17. The van der Waals surface area contributed by atoms with E-state index in [1.165, 1.54) is 12.1 Å². The summed E-state index contributed by atoms with van der Waals surface area (Å²) >= 11 is 0. The second-order valence-electron chi connectivity index (χ2n) is 5.66. The van der Waals surface area contributed by atoms with Crippen LogP contribution in [-0.4, -0.2) is 20.9 Å². The molecule has 0 saturated carbocycles. The number of carbonyl (C=O) groups is 1. The minimum absolute atomic E-state index is 0.0256. The zero-order valence-corrected chi connectivity index (χ0v) is 15.0. The maximum atomic E-state index is 12.2. The molecule has 0 aliphatic heterocycles. The van der Waals surface area contributed by atoms with Crippen molar-refractivity contribution in [1.29, 1.82) is 0 Å². The van der Waals surface area contributed by atoms with Gasteiger partial charge in [0.25, 0.3) is 0 Å². The molecule has 0 saturated heterocycles. The Morgan fingerprint density at radius 3 is 2.48 bits per heavy atom. The second kappa shape index (κ2) is 8.13. The lowest BCUT2D eigenvalue weighted by Crippen LogP contribution is -2.28. The summed E-state index contributed by atoms with van der Waals surface area (Å²) in [6.45, 7) is 4.29. The third-order valence-electron chi connectivity index (χ3n) is 3.66. The van der Waals surface area contributed by atoms with Gasteiger partial charge in [-0.3, -0.25) is 4.79 Å². The highest BCUT2D eigenvalue weighted by Gasteiger charge is 2.14. The summed E-state index contributed by atoms with van der Waals surface area (Å²) in [5.74, 6) is 0.609. The SMILES string of the molecule is CCOc1ccc(CC(=O)NC(C)c2cccc(S(N)(=O)=O)c2)cc1. The molecule has 0 bridgehead atoms. The van der Waals surface area contributed by atoms with Gasteiger partial charge in [-0.05, 0) is 49.2 Å². The monoisotopic (exact) mass is 362 g/mol. The molecule has 2 aromatic carbocycles. The zero-order valence-electron chi connectivity index (χ0n) is 14.2. The molecule has 3 N–H and O–H groups in total. The van der Waals surface area contributed by atoms with Crippen LogP contribution in [0.3, 0.4) is 0 Å². The molecular weight excluding hydrogens is 340 g/mol.